The first-order valence-corrected chi connectivity index (χ1v) is 9.30. The molecule has 0 bridgehead atoms. The highest BCUT2D eigenvalue weighted by molar-refractivity contribution is 7.55. The minimum Gasteiger partial charge on any atom is -0.307 e. The summed E-state index contributed by atoms with van der Waals surface area (Å²) in [4.78, 5) is 0. The van der Waals surface area contributed by atoms with Crippen LogP contribution in [0.3, 0.4) is 0 Å². The van der Waals surface area contributed by atoms with Crippen LogP contribution in [0.5, 0.6) is 0 Å². The quantitative estimate of drug-likeness (QED) is 0.730. The van der Waals surface area contributed by atoms with Crippen molar-refractivity contribution in [3.8, 4) is 0 Å². The van der Waals surface area contributed by atoms with Crippen LogP contribution < -0.4 is 0 Å². The van der Waals surface area contributed by atoms with Crippen LogP contribution >= 0.6 is 7.60 Å². The Hall–Kier alpha value is -0.710. The Balaban J connectivity index is 2.64. The zero-order chi connectivity index (χ0) is 16.4. The third-order valence-electron chi connectivity index (χ3n) is 4.26. The van der Waals surface area contributed by atoms with Crippen molar-refractivity contribution in [3.63, 3.8) is 0 Å². The fourth-order valence-electron chi connectivity index (χ4n) is 3.15. The van der Waals surface area contributed by atoms with Gasteiger partial charge in [0.05, 0.1) is 13.2 Å². The lowest BCUT2D eigenvalue weighted by molar-refractivity contribution is -0.239. The van der Waals surface area contributed by atoms with Gasteiger partial charge in [0, 0.05) is 5.54 Å². The zero-order valence-electron chi connectivity index (χ0n) is 13.7. The molecule has 1 aliphatic heterocycles. The highest BCUT2D eigenvalue weighted by Crippen LogP contribution is 2.71. The van der Waals surface area contributed by atoms with Crippen LogP contribution in [-0.4, -0.2) is 23.8 Å². The Labute approximate surface area is 132 Å². The van der Waals surface area contributed by atoms with Crippen molar-refractivity contribution in [1.82, 2.24) is 5.06 Å². The van der Waals surface area contributed by atoms with Crippen LogP contribution in [0.4, 0.5) is 0 Å². The summed E-state index contributed by atoms with van der Waals surface area (Å²) in [5, 5.41) is 12.8. The smallest absolute Gasteiger partial charge is 0.307 e. The first-order valence-electron chi connectivity index (χ1n) is 7.76. The Morgan fingerprint density at radius 1 is 1.09 bits per heavy atom. The van der Waals surface area contributed by atoms with Gasteiger partial charge in [-0.05, 0) is 46.1 Å². The van der Waals surface area contributed by atoms with Crippen LogP contribution in [0.1, 0.15) is 46.1 Å². The lowest BCUT2D eigenvalue weighted by atomic mass is 10.0. The van der Waals surface area contributed by atoms with E-state index >= 15 is 0 Å². The van der Waals surface area contributed by atoms with Gasteiger partial charge in [-0.25, -0.2) is 0 Å². The highest BCUT2D eigenvalue weighted by Gasteiger charge is 2.64. The van der Waals surface area contributed by atoms with E-state index in [4.69, 9.17) is 9.05 Å². The van der Waals surface area contributed by atoms with E-state index in [1.165, 1.54) is 0 Å². The average Bonchev–Trinajstić information content (AvgIpc) is 2.73. The lowest BCUT2D eigenvalue weighted by Gasteiger charge is -2.41. The summed E-state index contributed by atoms with van der Waals surface area (Å²) >= 11 is 0. The second-order valence-electron chi connectivity index (χ2n) is 6.12. The molecule has 1 radical (unpaired) electrons. The fraction of sp³-hybridized carbons (Fsp3) is 0.625. The molecule has 5 nitrogen and oxygen atoms in total. The standard InChI is InChI=1S/C16H25NO4P/c1-5-20-22(19,21-6-2)16(14-10-8-7-9-11-14)13-12-15(3,4)17(16)18/h7-11H,5-6,12-13H2,1-4H3. The molecule has 0 amide bonds. The largest absolute Gasteiger partial charge is 0.357 e. The molecule has 6 heteroatoms. The summed E-state index contributed by atoms with van der Waals surface area (Å²) in [6.45, 7) is 7.74. The zero-order valence-corrected chi connectivity index (χ0v) is 14.6. The summed E-state index contributed by atoms with van der Waals surface area (Å²) in [6, 6.07) is 9.23. The van der Waals surface area contributed by atoms with Crippen molar-refractivity contribution in [2.24, 2.45) is 0 Å². The van der Waals surface area contributed by atoms with E-state index in [0.717, 1.165) is 5.06 Å². The van der Waals surface area contributed by atoms with Gasteiger partial charge in [-0.3, -0.25) is 4.57 Å². The van der Waals surface area contributed by atoms with E-state index in [0.29, 0.717) is 18.4 Å². The van der Waals surface area contributed by atoms with Gasteiger partial charge in [0.1, 0.15) is 0 Å². The number of rotatable bonds is 6. The maximum Gasteiger partial charge on any atom is 0.357 e. The van der Waals surface area contributed by atoms with Crippen LogP contribution in [0.25, 0.3) is 0 Å². The summed E-state index contributed by atoms with van der Waals surface area (Å²) in [5.41, 5.74) is 0.0838. The van der Waals surface area contributed by atoms with E-state index in [1.54, 1.807) is 13.8 Å². The molecule has 0 aliphatic carbocycles. The summed E-state index contributed by atoms with van der Waals surface area (Å²) in [6.07, 6.45) is 1.08. The predicted octanol–water partition coefficient (Wildman–Crippen LogP) is 4.33. The number of hydroxylamine groups is 2. The monoisotopic (exact) mass is 326 g/mol. The highest BCUT2D eigenvalue weighted by atomic mass is 31.2. The first-order chi connectivity index (χ1) is 10.3. The van der Waals surface area contributed by atoms with Gasteiger partial charge in [0.25, 0.3) is 0 Å². The molecule has 0 spiro atoms. The third kappa shape index (κ3) is 2.66. The number of hydrogen-bond donors (Lipinski definition) is 0. The minimum absolute atomic E-state index is 0.236. The molecule has 1 atom stereocenters. The molecule has 1 saturated heterocycles. The molecule has 0 N–H and O–H groups in total. The molecule has 1 aliphatic rings. The van der Waals surface area contributed by atoms with Crippen LogP contribution in [-0.2, 0) is 24.1 Å². The molecule has 1 aromatic carbocycles. The van der Waals surface area contributed by atoms with Crippen molar-refractivity contribution in [2.75, 3.05) is 13.2 Å². The third-order valence-corrected chi connectivity index (χ3v) is 7.02. The SMILES string of the molecule is CCOP(=O)(OCC)C1(c2ccccc2)CCC(C)(C)N1[O]. The van der Waals surface area contributed by atoms with E-state index in [9.17, 15) is 9.77 Å². The average molecular weight is 326 g/mol. The van der Waals surface area contributed by atoms with E-state index in [2.05, 4.69) is 0 Å². The Kier molecular flexibility index (Phi) is 5.15. The molecule has 0 aromatic heterocycles. The van der Waals surface area contributed by atoms with Gasteiger partial charge >= 0.3 is 7.60 Å². The fourth-order valence-corrected chi connectivity index (χ4v) is 5.67. The molecule has 123 valence electrons. The maximum absolute atomic E-state index is 13.5. The molecule has 1 heterocycles. The summed E-state index contributed by atoms with van der Waals surface area (Å²) in [5.74, 6) is 0. The molecule has 1 unspecified atom stereocenters. The van der Waals surface area contributed by atoms with Gasteiger partial charge < -0.3 is 9.05 Å². The molecular weight excluding hydrogens is 301 g/mol. The Morgan fingerprint density at radius 3 is 2.05 bits per heavy atom. The van der Waals surface area contributed by atoms with E-state index < -0.39 is 18.4 Å². The molecule has 22 heavy (non-hydrogen) atoms. The van der Waals surface area contributed by atoms with E-state index in [-0.39, 0.29) is 13.2 Å². The molecule has 2 rings (SSSR count). The van der Waals surface area contributed by atoms with Crippen molar-refractivity contribution in [3.05, 3.63) is 35.9 Å². The minimum atomic E-state index is -3.64. The van der Waals surface area contributed by atoms with Crippen molar-refractivity contribution < 1.29 is 18.8 Å². The van der Waals surface area contributed by atoms with Crippen LogP contribution in [0.15, 0.2) is 30.3 Å². The topological polar surface area (TPSA) is 58.7 Å². The first kappa shape index (κ1) is 17.6. The Bertz CT molecular complexity index is 538. The van der Waals surface area contributed by atoms with Gasteiger partial charge in [-0.15, -0.1) is 10.3 Å². The molecule has 1 fully saturated rings. The van der Waals surface area contributed by atoms with Crippen molar-refractivity contribution >= 4 is 7.60 Å². The summed E-state index contributed by atoms with van der Waals surface area (Å²) in [7, 11) is -3.64. The molecule has 1 aromatic rings. The lowest BCUT2D eigenvalue weighted by Crippen LogP contribution is -2.47. The van der Waals surface area contributed by atoms with Gasteiger partial charge in [0.15, 0.2) is 5.28 Å². The molecular formula is C16H25NO4P. The van der Waals surface area contributed by atoms with E-state index in [1.807, 2.05) is 44.2 Å². The maximum atomic E-state index is 13.5. The number of nitrogens with zero attached hydrogens (tertiary/aromatic N) is 1. The van der Waals surface area contributed by atoms with Gasteiger partial charge in [-0.1, -0.05) is 30.3 Å². The Morgan fingerprint density at radius 2 is 1.64 bits per heavy atom. The van der Waals surface area contributed by atoms with Crippen LogP contribution in [0.2, 0.25) is 0 Å². The number of benzene rings is 1. The second-order valence-corrected chi connectivity index (χ2v) is 8.37. The van der Waals surface area contributed by atoms with Crippen LogP contribution in [0, 0.1) is 0 Å². The van der Waals surface area contributed by atoms with Crippen molar-refractivity contribution in [2.45, 2.75) is 51.4 Å². The van der Waals surface area contributed by atoms with Crippen molar-refractivity contribution in [1.29, 1.82) is 0 Å². The predicted molar refractivity (Wildman–Crippen MR) is 84.8 cm³/mol. The van der Waals surface area contributed by atoms with Gasteiger partial charge in [0.2, 0.25) is 0 Å². The summed E-state index contributed by atoms with van der Waals surface area (Å²) < 4.78 is 24.7. The molecule has 0 saturated carbocycles. The van der Waals surface area contributed by atoms with Gasteiger partial charge in [-0.2, -0.15) is 0 Å². The second kappa shape index (κ2) is 6.42. The number of hydrogen-bond acceptors (Lipinski definition) is 4. The normalized spacial score (nSPS) is 25.5.